The van der Waals surface area contributed by atoms with Crippen LogP contribution in [0.4, 0.5) is 0 Å². The summed E-state index contributed by atoms with van der Waals surface area (Å²) in [4.78, 5) is 0. The molecule has 80 valence electrons. The topological polar surface area (TPSA) is 246 Å². The van der Waals surface area contributed by atoms with Crippen molar-refractivity contribution in [1.82, 2.24) is 0 Å². The van der Waals surface area contributed by atoms with Gasteiger partial charge in [-0.2, -0.15) is 0 Å². The van der Waals surface area contributed by atoms with Gasteiger partial charge in [0.2, 0.25) is 0 Å². The third-order valence-corrected chi connectivity index (χ3v) is 0. The molecule has 0 aromatic heterocycles. The van der Waals surface area contributed by atoms with Crippen LogP contribution in [0.25, 0.3) is 0 Å². The quantitative estimate of drug-likeness (QED) is 0.391. The average Bonchev–Trinajstić information content (AvgIpc) is 1.70. The molecule has 0 aromatic carbocycles. The molecule has 0 aromatic rings. The van der Waals surface area contributed by atoms with Crippen LogP contribution in [0.1, 0.15) is 0 Å². The zero-order valence-electron chi connectivity index (χ0n) is 9.18. The van der Waals surface area contributed by atoms with Crippen molar-refractivity contribution in [1.29, 1.82) is 0 Å². The van der Waals surface area contributed by atoms with Crippen LogP contribution in [-0.4, -0.2) is 44.0 Å². The molecule has 0 aliphatic heterocycles. The zero-order chi connectivity index (χ0) is 8.12. The van der Waals surface area contributed by atoms with Crippen LogP contribution in [0.15, 0.2) is 0 Å². The summed E-state index contributed by atoms with van der Waals surface area (Å²) in [5.41, 5.74) is 0. The Labute approximate surface area is 221 Å². The predicted octanol–water partition coefficient (Wildman–Crippen LogP) is -17.4. The maximum Gasteiger partial charge on any atom is 1.00 e. The fourth-order valence-corrected chi connectivity index (χ4v) is 0. The second-order valence-corrected chi connectivity index (χ2v) is 0.289. The van der Waals surface area contributed by atoms with E-state index in [1.54, 1.807) is 0 Å². The summed E-state index contributed by atoms with van der Waals surface area (Å²) in [5.74, 6) is 0. The van der Waals surface area contributed by atoms with Gasteiger partial charge >= 0.3 is 205 Å². The summed E-state index contributed by atoms with van der Waals surface area (Å²) < 4.78 is 24.8. The van der Waals surface area contributed by atoms with Crippen molar-refractivity contribution in [3.63, 3.8) is 0 Å². The van der Waals surface area contributed by atoms with E-state index in [-0.39, 0.29) is 176 Å². The molecule has 0 bridgehead atoms. The van der Waals surface area contributed by atoms with Crippen molar-refractivity contribution >= 4 is 22.1 Å². The normalized spacial score (nSPS) is 1.50. The van der Waals surface area contributed by atoms with Crippen LogP contribution in [-0.2, 0) is 14.1 Å². The Hall–Kier alpha value is 3.74. The fourth-order valence-electron chi connectivity index (χ4n) is 0. The second-order valence-electron chi connectivity index (χ2n) is 0.289. The molecule has 0 spiro atoms. The average molecular weight is 318 g/mol. The smallest absolute Gasteiger partial charge is 1.00 e. The molecule has 0 heterocycles. The standard InChI is InChI=1S/3BO2.3K.4H2O/c3*2-1-3;;;;;;;/h;;;;;;4*1H2/q3*-1;3*+1;;;;. The van der Waals surface area contributed by atoms with Crippen molar-refractivity contribution in [2.75, 3.05) is 0 Å². The fraction of sp³-hybridized carbons (Fsp3) is 0. The monoisotopic (exact) mass is 318 g/mol. The van der Waals surface area contributed by atoms with Crippen molar-refractivity contribution < 1.29 is 205 Å². The summed E-state index contributed by atoms with van der Waals surface area (Å²) in [7, 11) is -1.50. The van der Waals surface area contributed by atoms with Gasteiger partial charge in [-0.15, -0.1) is 0 Å². The van der Waals surface area contributed by atoms with Crippen LogP contribution < -0.4 is 169 Å². The van der Waals surface area contributed by atoms with E-state index >= 15 is 0 Å². The van der Waals surface area contributed by atoms with Gasteiger partial charge in [0.05, 0.1) is 0 Å². The summed E-state index contributed by atoms with van der Waals surface area (Å²) in [6.45, 7) is 0. The first-order valence-electron chi connectivity index (χ1n) is 1.41. The zero-order valence-corrected chi connectivity index (χ0v) is 18.6. The van der Waals surface area contributed by atoms with E-state index in [9.17, 15) is 0 Å². The maximum absolute atomic E-state index is 8.25. The van der Waals surface area contributed by atoms with Crippen molar-refractivity contribution in [3.05, 3.63) is 0 Å². The maximum atomic E-state index is 8.25. The molecule has 0 aliphatic carbocycles. The van der Waals surface area contributed by atoms with E-state index in [4.69, 9.17) is 29.2 Å². The van der Waals surface area contributed by atoms with Crippen LogP contribution in [0.2, 0.25) is 0 Å². The minimum atomic E-state index is -0.500. The summed E-state index contributed by atoms with van der Waals surface area (Å²) in [6.07, 6.45) is 0. The first-order chi connectivity index (χ1) is 4.24. The van der Waals surface area contributed by atoms with Crippen molar-refractivity contribution in [2.45, 2.75) is 0 Å². The molecule has 0 radical (unpaired) electrons. The van der Waals surface area contributed by atoms with E-state index in [0.29, 0.717) is 0 Å². The Bertz CT molecular complexity index is 58.1. The van der Waals surface area contributed by atoms with Crippen molar-refractivity contribution in [2.24, 2.45) is 0 Å². The second kappa shape index (κ2) is 130. The molecule has 0 unspecified atom stereocenters. The number of hydrogen-bond donors (Lipinski definition) is 0. The van der Waals surface area contributed by atoms with Gasteiger partial charge in [0, 0.05) is 0 Å². The predicted molar refractivity (Wildman–Crippen MR) is 33.8 cm³/mol. The minimum absolute atomic E-state index is 0. The molecule has 0 atom stereocenters. The van der Waals surface area contributed by atoms with Crippen LogP contribution in [0.5, 0.6) is 0 Å². The summed E-state index contributed by atoms with van der Waals surface area (Å²) >= 11 is 0. The Morgan fingerprint density at radius 2 is 0.500 bits per heavy atom. The molecule has 10 nitrogen and oxygen atoms in total. The molecule has 0 rings (SSSR count). The molecule has 0 fully saturated rings. The van der Waals surface area contributed by atoms with Crippen molar-refractivity contribution in [3.8, 4) is 0 Å². The van der Waals surface area contributed by atoms with Crippen LogP contribution >= 0.6 is 0 Å². The van der Waals surface area contributed by atoms with Gasteiger partial charge in [0.25, 0.3) is 0 Å². The van der Waals surface area contributed by atoms with Gasteiger partial charge < -0.3 is 21.9 Å². The van der Waals surface area contributed by atoms with E-state index in [2.05, 4.69) is 0 Å². The largest absolute Gasteiger partial charge is 1.00 e. The molecular weight excluding hydrogens is 310 g/mol. The van der Waals surface area contributed by atoms with E-state index in [0.717, 1.165) is 0 Å². The van der Waals surface area contributed by atoms with Crippen LogP contribution in [0, 0.1) is 0 Å². The van der Waals surface area contributed by atoms with Crippen LogP contribution in [0.3, 0.4) is 0 Å². The minimum Gasteiger partial charge on any atom is 1.00 e. The Morgan fingerprint density at radius 3 is 0.500 bits per heavy atom. The summed E-state index contributed by atoms with van der Waals surface area (Å²) in [5, 5.41) is 24.8. The Balaban J connectivity index is -0.00000000346. The Morgan fingerprint density at radius 1 is 0.500 bits per heavy atom. The molecule has 16 heteroatoms. The van der Waals surface area contributed by atoms with E-state index in [1.165, 1.54) is 0 Å². The Kier molecular flexibility index (Phi) is 593. The number of hydrogen-bond acceptors (Lipinski definition) is 6. The summed E-state index contributed by atoms with van der Waals surface area (Å²) in [6, 6.07) is 0. The third-order valence-electron chi connectivity index (χ3n) is 0. The van der Waals surface area contributed by atoms with Gasteiger partial charge in [-0.3, -0.25) is 0 Å². The van der Waals surface area contributed by atoms with Gasteiger partial charge in [-0.05, 0) is 0 Å². The molecule has 0 aliphatic rings. The van der Waals surface area contributed by atoms with E-state index in [1.807, 2.05) is 0 Å². The van der Waals surface area contributed by atoms with Gasteiger partial charge in [0.1, 0.15) is 0 Å². The SMILES string of the molecule is O.O.O.O.O=B[O-].O=B[O-].O=B[O-].[K+].[K+].[K+]. The molecule has 8 N–H and O–H groups in total. The third kappa shape index (κ3) is 355. The van der Waals surface area contributed by atoms with Gasteiger partial charge in [-0.1, -0.05) is 0 Å². The van der Waals surface area contributed by atoms with E-state index < -0.39 is 22.1 Å². The number of rotatable bonds is 0. The van der Waals surface area contributed by atoms with Gasteiger partial charge in [0.15, 0.2) is 0 Å². The first kappa shape index (κ1) is 73.1. The molecule has 0 saturated heterocycles. The first-order valence-corrected chi connectivity index (χ1v) is 1.41. The molecule has 0 saturated carbocycles. The molecular formula is H8B3K3O10. The van der Waals surface area contributed by atoms with Gasteiger partial charge in [-0.25, -0.2) is 0 Å². The molecule has 16 heavy (non-hydrogen) atoms. The molecule has 0 amide bonds.